The number of benzene rings is 3. The summed E-state index contributed by atoms with van der Waals surface area (Å²) in [7, 11) is 0. The Labute approximate surface area is 232 Å². The van der Waals surface area contributed by atoms with Crippen molar-refractivity contribution in [2.24, 2.45) is 0 Å². The predicted molar refractivity (Wildman–Crippen MR) is 152 cm³/mol. The highest BCUT2D eigenvalue weighted by atomic mass is 79.9. The summed E-state index contributed by atoms with van der Waals surface area (Å²) in [5, 5.41) is 1.84. The molecular weight excluding hydrogens is 547 g/mol. The van der Waals surface area contributed by atoms with Gasteiger partial charge in [-0.15, -0.1) is 0 Å². The molecule has 8 heteroatoms. The Bertz CT molecular complexity index is 1220. The van der Waals surface area contributed by atoms with Crippen molar-refractivity contribution in [1.29, 1.82) is 0 Å². The first-order valence-corrected chi connectivity index (χ1v) is 13.9. The fraction of sp³-hybridized carbons (Fsp3) is 0.333. The first kappa shape index (κ1) is 27.8. The molecule has 0 aromatic heterocycles. The van der Waals surface area contributed by atoms with Crippen LogP contribution in [-0.4, -0.2) is 53.8 Å². The van der Waals surface area contributed by atoms with Gasteiger partial charge in [0.05, 0.1) is 17.3 Å². The second-order valence-corrected chi connectivity index (χ2v) is 10.4. The van der Waals surface area contributed by atoms with E-state index in [-0.39, 0.29) is 17.5 Å². The molecule has 0 unspecified atom stereocenters. The molecule has 1 aliphatic rings. The summed E-state index contributed by atoms with van der Waals surface area (Å²) in [5.41, 5.74) is 5.57. The zero-order valence-corrected chi connectivity index (χ0v) is 23.5. The monoisotopic (exact) mass is 580 g/mol. The maximum atomic E-state index is 14.4. The first-order valence-electron chi connectivity index (χ1n) is 13.1. The van der Waals surface area contributed by atoms with Crippen LogP contribution in [0, 0.1) is 5.82 Å². The summed E-state index contributed by atoms with van der Waals surface area (Å²) >= 11 is 3.49. The number of likely N-dealkylation sites (tertiary alicyclic amines) is 1. The van der Waals surface area contributed by atoms with Gasteiger partial charge in [0.25, 0.3) is 11.8 Å². The average molecular weight is 582 g/mol. The third kappa shape index (κ3) is 6.79. The highest BCUT2D eigenvalue weighted by Gasteiger charge is 2.27. The molecule has 200 valence electrons. The van der Waals surface area contributed by atoms with Crippen molar-refractivity contribution in [3.63, 3.8) is 0 Å². The smallest absolute Gasteiger partial charge is 0.272 e. The third-order valence-corrected chi connectivity index (χ3v) is 7.55. The second kappa shape index (κ2) is 13.0. The van der Waals surface area contributed by atoms with Crippen LogP contribution in [0.3, 0.4) is 0 Å². The molecule has 38 heavy (non-hydrogen) atoms. The van der Waals surface area contributed by atoms with Crippen molar-refractivity contribution in [2.75, 3.05) is 31.2 Å². The minimum absolute atomic E-state index is 0.00138. The van der Waals surface area contributed by atoms with Gasteiger partial charge in [0.2, 0.25) is 0 Å². The van der Waals surface area contributed by atoms with Gasteiger partial charge in [0.1, 0.15) is 5.82 Å². The Kier molecular flexibility index (Phi) is 9.53. The molecule has 0 bridgehead atoms. The maximum Gasteiger partial charge on any atom is 0.272 e. The van der Waals surface area contributed by atoms with Crippen molar-refractivity contribution < 1.29 is 14.0 Å². The summed E-state index contributed by atoms with van der Waals surface area (Å²) in [5.74, 6) is -1.08. The fourth-order valence-electron chi connectivity index (χ4n) is 4.82. The maximum absolute atomic E-state index is 14.4. The Morgan fingerprint density at radius 2 is 1.58 bits per heavy atom. The molecule has 0 atom stereocenters. The second-order valence-electron chi connectivity index (χ2n) is 9.45. The lowest BCUT2D eigenvalue weighted by molar-refractivity contribution is 0.0772. The number of nitrogens with zero attached hydrogens (tertiary/aromatic N) is 3. The van der Waals surface area contributed by atoms with Gasteiger partial charge in [-0.25, -0.2) is 4.39 Å². The number of halogens is 2. The van der Waals surface area contributed by atoms with Gasteiger partial charge in [-0.05, 0) is 80.8 Å². The first-order chi connectivity index (χ1) is 18.4. The number of anilines is 1. The van der Waals surface area contributed by atoms with Crippen LogP contribution in [0.4, 0.5) is 10.1 Å². The molecule has 1 aliphatic heterocycles. The zero-order chi connectivity index (χ0) is 27.1. The van der Waals surface area contributed by atoms with Crippen LogP contribution in [0.15, 0.2) is 77.3 Å². The lowest BCUT2D eigenvalue weighted by atomic mass is 10.0. The number of hydrogen-bond acceptors (Lipinski definition) is 4. The van der Waals surface area contributed by atoms with E-state index in [0.717, 1.165) is 42.6 Å². The van der Waals surface area contributed by atoms with Crippen molar-refractivity contribution in [2.45, 2.75) is 39.3 Å². The van der Waals surface area contributed by atoms with Crippen LogP contribution >= 0.6 is 15.9 Å². The van der Waals surface area contributed by atoms with Crippen LogP contribution in [0.5, 0.6) is 0 Å². The van der Waals surface area contributed by atoms with Crippen LogP contribution in [0.1, 0.15) is 53.0 Å². The quantitative estimate of drug-likeness (QED) is 0.321. The van der Waals surface area contributed by atoms with Crippen molar-refractivity contribution in [3.8, 4) is 0 Å². The molecule has 1 saturated heterocycles. The van der Waals surface area contributed by atoms with E-state index in [2.05, 4.69) is 50.5 Å². The number of hydrazine groups is 1. The molecular formula is C30H34BrFN4O2. The van der Waals surface area contributed by atoms with Crippen LogP contribution in [0.25, 0.3) is 0 Å². The largest absolute Gasteiger partial charge is 0.339 e. The van der Waals surface area contributed by atoms with E-state index in [1.165, 1.54) is 17.7 Å². The van der Waals surface area contributed by atoms with E-state index in [9.17, 15) is 14.0 Å². The van der Waals surface area contributed by atoms with Crippen LogP contribution in [-0.2, 0) is 6.54 Å². The molecule has 2 amide bonds. The van der Waals surface area contributed by atoms with Gasteiger partial charge < -0.3 is 4.90 Å². The lowest BCUT2D eigenvalue weighted by Gasteiger charge is -2.39. The average Bonchev–Trinajstić information content (AvgIpc) is 2.94. The Morgan fingerprint density at radius 1 is 0.947 bits per heavy atom. The lowest BCUT2D eigenvalue weighted by Crippen LogP contribution is -2.53. The summed E-state index contributed by atoms with van der Waals surface area (Å²) in [6.07, 6.45) is 1.66. The topological polar surface area (TPSA) is 55.9 Å². The normalized spacial score (nSPS) is 14.2. The molecule has 1 fully saturated rings. The number of amides is 2. The molecule has 0 spiro atoms. The standard InChI is InChI=1S/C30H34BrFN4O2/c1-3-35(4-2)30(38)23-11-15-25(16-12-23)36(33-29(37)27-7-5-6-8-28(27)32)26-17-19-34(20-18-26)21-22-9-13-24(31)14-10-22/h5-16,26H,3-4,17-21H2,1-2H3,(H,33,37). The minimum atomic E-state index is -0.561. The van der Waals surface area contributed by atoms with Gasteiger partial charge >= 0.3 is 0 Å². The van der Waals surface area contributed by atoms with Crippen LogP contribution < -0.4 is 10.4 Å². The molecule has 1 heterocycles. The molecule has 0 aliphatic carbocycles. The van der Waals surface area contributed by atoms with Gasteiger partial charge in [-0.1, -0.05) is 40.2 Å². The number of carbonyl (C=O) groups is 2. The van der Waals surface area contributed by atoms with E-state index >= 15 is 0 Å². The van der Waals surface area contributed by atoms with E-state index in [1.807, 2.05) is 31.0 Å². The Hall–Kier alpha value is -3.23. The fourth-order valence-corrected chi connectivity index (χ4v) is 5.09. The van der Waals surface area contributed by atoms with Gasteiger partial charge in [-0.2, -0.15) is 0 Å². The predicted octanol–water partition coefficient (Wildman–Crippen LogP) is 5.89. The van der Waals surface area contributed by atoms with E-state index in [4.69, 9.17) is 0 Å². The van der Waals surface area contributed by atoms with E-state index in [1.54, 1.807) is 29.2 Å². The molecule has 0 radical (unpaired) electrons. The van der Waals surface area contributed by atoms with Crippen molar-refractivity contribution in [3.05, 3.63) is 99.8 Å². The van der Waals surface area contributed by atoms with Crippen molar-refractivity contribution >= 4 is 33.4 Å². The number of rotatable bonds is 9. The van der Waals surface area contributed by atoms with Crippen LogP contribution in [0.2, 0.25) is 0 Å². The van der Waals surface area contributed by atoms with Gasteiger partial charge in [0.15, 0.2) is 0 Å². The van der Waals surface area contributed by atoms with E-state index < -0.39 is 11.7 Å². The third-order valence-electron chi connectivity index (χ3n) is 7.03. The molecule has 4 rings (SSSR count). The number of nitrogens with one attached hydrogen (secondary N) is 1. The van der Waals surface area contributed by atoms with E-state index in [0.29, 0.717) is 18.7 Å². The zero-order valence-electron chi connectivity index (χ0n) is 21.9. The molecule has 0 saturated carbocycles. The Balaban J connectivity index is 1.51. The van der Waals surface area contributed by atoms with Crippen molar-refractivity contribution in [1.82, 2.24) is 15.2 Å². The SMILES string of the molecule is CCN(CC)C(=O)c1ccc(N(NC(=O)c2ccccc2F)C2CCN(Cc3ccc(Br)cc3)CC2)cc1. The minimum Gasteiger partial charge on any atom is -0.339 e. The highest BCUT2D eigenvalue weighted by molar-refractivity contribution is 9.10. The summed E-state index contributed by atoms with van der Waals surface area (Å²) < 4.78 is 15.4. The summed E-state index contributed by atoms with van der Waals surface area (Å²) in [6.45, 7) is 7.79. The van der Waals surface area contributed by atoms with Gasteiger partial charge in [-0.3, -0.25) is 24.9 Å². The summed E-state index contributed by atoms with van der Waals surface area (Å²) in [6, 6.07) is 21.7. The van der Waals surface area contributed by atoms with Gasteiger partial charge in [0, 0.05) is 42.8 Å². The summed E-state index contributed by atoms with van der Waals surface area (Å²) in [4.78, 5) is 30.1. The number of carbonyl (C=O) groups excluding carboxylic acids is 2. The Morgan fingerprint density at radius 3 is 2.18 bits per heavy atom. The molecule has 6 nitrogen and oxygen atoms in total. The molecule has 3 aromatic carbocycles. The molecule has 1 N–H and O–H groups in total. The number of piperidine rings is 1. The molecule has 3 aromatic rings. The highest BCUT2D eigenvalue weighted by Crippen LogP contribution is 2.25. The number of hydrogen-bond donors (Lipinski definition) is 1.